The first-order chi connectivity index (χ1) is 14.3. The van der Waals surface area contributed by atoms with Crippen LogP contribution in [0.25, 0.3) is 11.2 Å². The Balaban J connectivity index is 1.74. The number of ether oxygens (including phenoxy) is 3. The second kappa shape index (κ2) is 9.67. The minimum Gasteiger partial charge on any atom is -0.476 e. The van der Waals surface area contributed by atoms with Crippen LogP contribution in [-0.2, 0) is 27.9 Å². The lowest BCUT2D eigenvalue weighted by Gasteiger charge is -2.17. The fourth-order valence-electron chi connectivity index (χ4n) is 2.95. The van der Waals surface area contributed by atoms with Crippen molar-refractivity contribution in [1.29, 1.82) is 0 Å². The van der Waals surface area contributed by atoms with Gasteiger partial charge in [0, 0.05) is 5.92 Å². The third-order valence-corrected chi connectivity index (χ3v) is 5.13. The third kappa shape index (κ3) is 4.71. The quantitative estimate of drug-likeness (QED) is 0.408. The molecule has 1 saturated heterocycles. The minimum atomic E-state index is -3.12. The Morgan fingerprint density at radius 3 is 2.83 bits per heavy atom. The smallest absolute Gasteiger partial charge is 0.332 e. The summed E-state index contributed by atoms with van der Waals surface area (Å²) in [5, 5.41) is 10.5. The number of nitrogen functional groups attached to an aromatic ring is 1. The molecule has 2 aromatic heterocycles. The van der Waals surface area contributed by atoms with Crippen LogP contribution in [-0.4, -0.2) is 62.8 Å². The Kier molecular flexibility index (Phi) is 7.21. The molecule has 0 spiro atoms. The molecule has 1 aliphatic rings. The average molecular weight is 445 g/mol. The van der Waals surface area contributed by atoms with Gasteiger partial charge in [-0.25, -0.2) is 9.78 Å². The Hall–Kier alpha value is -2.31. The normalized spacial score (nSPS) is 24.8. The van der Waals surface area contributed by atoms with Gasteiger partial charge >= 0.3 is 14.2 Å². The van der Waals surface area contributed by atoms with Crippen LogP contribution < -0.4 is 10.5 Å². The maximum atomic E-state index is 12.0. The number of anilines is 1. The number of hydrogen-bond acceptors (Lipinski definition) is 12. The Morgan fingerprint density at radius 1 is 1.37 bits per heavy atom. The van der Waals surface area contributed by atoms with Crippen LogP contribution in [0.5, 0.6) is 5.88 Å². The zero-order valence-electron chi connectivity index (χ0n) is 16.7. The summed E-state index contributed by atoms with van der Waals surface area (Å²) in [6.07, 6.45) is -1.67. The monoisotopic (exact) mass is 445 g/mol. The van der Waals surface area contributed by atoms with Gasteiger partial charge in [0.05, 0.1) is 19.5 Å². The Morgan fingerprint density at radius 2 is 2.13 bits per heavy atom. The van der Waals surface area contributed by atoms with Gasteiger partial charge < -0.3 is 25.1 Å². The first kappa shape index (κ1) is 22.4. The lowest BCUT2D eigenvalue weighted by atomic mass is 10.1. The van der Waals surface area contributed by atoms with Crippen LogP contribution in [0.4, 0.5) is 5.95 Å². The molecule has 14 heteroatoms. The number of hydrogen-bond donors (Lipinski definition) is 2. The number of aliphatic hydroxyl groups excluding tert-OH is 1. The molecule has 3 heterocycles. The maximum absolute atomic E-state index is 12.0. The number of imidazole rings is 1. The van der Waals surface area contributed by atoms with Gasteiger partial charge in [-0.15, -0.1) is 0 Å². The molecule has 0 aromatic carbocycles. The average Bonchev–Trinajstić information content (AvgIpc) is 3.23. The van der Waals surface area contributed by atoms with E-state index in [0.717, 1.165) is 0 Å². The minimum absolute atomic E-state index is 0.0101. The van der Waals surface area contributed by atoms with Crippen molar-refractivity contribution < 1.29 is 37.7 Å². The first-order valence-corrected chi connectivity index (χ1v) is 10.5. The summed E-state index contributed by atoms with van der Waals surface area (Å²) < 4.78 is 39.4. The number of aliphatic hydroxyl groups is 1. The molecule has 2 unspecified atom stereocenters. The second-order valence-corrected chi connectivity index (χ2v) is 7.37. The highest BCUT2D eigenvalue weighted by Gasteiger charge is 2.44. The number of nitrogens with zero attached hydrogens (tertiary/aromatic N) is 4. The molecule has 166 valence electrons. The molecule has 13 nitrogen and oxygen atoms in total. The van der Waals surface area contributed by atoms with E-state index in [-0.39, 0.29) is 18.4 Å². The first-order valence-electron chi connectivity index (χ1n) is 9.31. The highest BCUT2D eigenvalue weighted by atomic mass is 31.1. The van der Waals surface area contributed by atoms with E-state index in [1.807, 2.05) is 0 Å². The van der Waals surface area contributed by atoms with E-state index in [2.05, 4.69) is 19.7 Å². The van der Waals surface area contributed by atoms with Crippen LogP contribution in [0.1, 0.15) is 27.0 Å². The zero-order valence-corrected chi connectivity index (χ0v) is 17.7. The SMILES string of the molecule is CCOC(=O)CO[PH](=O)OC1O[C@@H](n2cnc3c(OCC)nc(N)nc32)[C@@H](C)[C@@H]1O. The standard InChI is InChI=1S/C16H24N5O8P/c1-4-25-9(22)6-27-30(24)29-15-11(23)8(3)14(28-15)21-7-18-10-12(21)19-16(17)20-13(10)26-5-2/h7-8,11,14-15,23,30H,4-6H2,1-3H3,(H2,17,19,20)/t8-,11-,14+,15?/m0/s1. The molecule has 0 aliphatic carbocycles. The zero-order chi connectivity index (χ0) is 21.8. The molecular weight excluding hydrogens is 421 g/mol. The second-order valence-electron chi connectivity index (χ2n) is 6.35. The van der Waals surface area contributed by atoms with Crippen molar-refractivity contribution in [2.45, 2.75) is 39.4 Å². The highest BCUT2D eigenvalue weighted by Crippen LogP contribution is 2.41. The van der Waals surface area contributed by atoms with E-state index >= 15 is 0 Å². The summed E-state index contributed by atoms with van der Waals surface area (Å²) in [6, 6.07) is 0. The molecular formula is C16H24N5O8P. The maximum Gasteiger partial charge on any atom is 0.332 e. The van der Waals surface area contributed by atoms with E-state index in [1.165, 1.54) is 6.33 Å². The number of nitrogens with two attached hydrogens (primary N) is 1. The van der Waals surface area contributed by atoms with E-state index in [1.54, 1.807) is 25.3 Å². The van der Waals surface area contributed by atoms with Gasteiger partial charge in [0.2, 0.25) is 11.8 Å². The van der Waals surface area contributed by atoms with Crippen LogP contribution in [0.2, 0.25) is 0 Å². The van der Waals surface area contributed by atoms with E-state index < -0.39 is 45.4 Å². The molecule has 2 aromatic rings. The van der Waals surface area contributed by atoms with Crippen LogP contribution in [0, 0.1) is 5.92 Å². The Labute approximate surface area is 172 Å². The molecule has 3 rings (SSSR count). The van der Waals surface area contributed by atoms with Gasteiger partial charge in [0.1, 0.15) is 12.3 Å². The van der Waals surface area contributed by atoms with E-state index in [4.69, 9.17) is 24.3 Å². The van der Waals surface area contributed by atoms with E-state index in [0.29, 0.717) is 17.8 Å². The van der Waals surface area contributed by atoms with Crippen molar-refractivity contribution in [3.8, 4) is 5.88 Å². The number of carbonyl (C=O) groups excluding carboxylic acids is 1. The van der Waals surface area contributed by atoms with Crippen molar-refractivity contribution >= 4 is 31.3 Å². The molecule has 1 fully saturated rings. The number of rotatable bonds is 9. The van der Waals surface area contributed by atoms with Crippen LogP contribution in [0.15, 0.2) is 6.33 Å². The van der Waals surface area contributed by atoms with Crippen molar-refractivity contribution in [3.05, 3.63) is 6.33 Å². The number of carbonyl (C=O) groups is 1. The van der Waals surface area contributed by atoms with E-state index in [9.17, 15) is 14.5 Å². The van der Waals surface area contributed by atoms with Crippen molar-refractivity contribution in [3.63, 3.8) is 0 Å². The fraction of sp³-hybridized carbons (Fsp3) is 0.625. The summed E-state index contributed by atoms with van der Waals surface area (Å²) in [5.41, 5.74) is 6.50. The molecule has 0 saturated carbocycles. The molecule has 3 N–H and O–H groups in total. The number of aromatic nitrogens is 4. The summed E-state index contributed by atoms with van der Waals surface area (Å²) >= 11 is 0. The van der Waals surface area contributed by atoms with Gasteiger partial charge in [-0.3, -0.25) is 18.2 Å². The van der Waals surface area contributed by atoms with Gasteiger partial charge in [-0.1, -0.05) is 6.92 Å². The van der Waals surface area contributed by atoms with Gasteiger partial charge in [0.25, 0.3) is 0 Å². The molecule has 0 bridgehead atoms. The lowest BCUT2D eigenvalue weighted by molar-refractivity contribution is -0.147. The summed E-state index contributed by atoms with van der Waals surface area (Å²) in [5.74, 6) is -0.941. The largest absolute Gasteiger partial charge is 0.476 e. The lowest BCUT2D eigenvalue weighted by Crippen LogP contribution is -2.26. The van der Waals surface area contributed by atoms with Crippen molar-refractivity contribution in [1.82, 2.24) is 19.5 Å². The topological polar surface area (TPSA) is 170 Å². The number of esters is 1. The fourth-order valence-corrected chi connectivity index (χ4v) is 3.64. The van der Waals surface area contributed by atoms with Gasteiger partial charge in [-0.2, -0.15) is 9.97 Å². The third-order valence-electron chi connectivity index (χ3n) is 4.33. The van der Waals surface area contributed by atoms with Crippen molar-refractivity contribution in [2.75, 3.05) is 25.6 Å². The number of fused-ring (bicyclic) bond motifs is 1. The molecule has 5 atom stereocenters. The predicted molar refractivity (Wildman–Crippen MR) is 103 cm³/mol. The van der Waals surface area contributed by atoms with Gasteiger partial charge in [-0.05, 0) is 13.8 Å². The highest BCUT2D eigenvalue weighted by molar-refractivity contribution is 7.33. The summed E-state index contributed by atoms with van der Waals surface area (Å²) in [4.78, 5) is 23.8. The van der Waals surface area contributed by atoms with Crippen molar-refractivity contribution in [2.24, 2.45) is 5.92 Å². The van der Waals surface area contributed by atoms with Crippen LogP contribution in [0.3, 0.4) is 0 Å². The van der Waals surface area contributed by atoms with Gasteiger partial charge in [0.15, 0.2) is 24.1 Å². The summed E-state index contributed by atoms with van der Waals surface area (Å²) in [6.45, 7) is 5.16. The summed E-state index contributed by atoms with van der Waals surface area (Å²) in [7, 11) is -3.12. The Bertz CT molecular complexity index is 924. The predicted octanol–water partition coefficient (Wildman–Crippen LogP) is 0.645. The van der Waals surface area contributed by atoms with Crippen LogP contribution >= 0.6 is 8.25 Å². The molecule has 30 heavy (non-hydrogen) atoms. The molecule has 0 radical (unpaired) electrons. The molecule has 1 aliphatic heterocycles. The molecule has 0 amide bonds.